The van der Waals surface area contributed by atoms with Crippen LogP contribution >= 0.6 is 0 Å². The molecule has 5 aromatic rings. The van der Waals surface area contributed by atoms with Gasteiger partial charge >= 0.3 is 5.97 Å². The Morgan fingerprint density at radius 3 is 2.07 bits per heavy atom. The molecule has 0 radical (unpaired) electrons. The minimum absolute atomic E-state index is 0.243. The highest BCUT2D eigenvalue weighted by Crippen LogP contribution is 2.30. The molecule has 1 amide bonds. The van der Waals surface area contributed by atoms with Crippen LogP contribution in [0.4, 0.5) is 5.69 Å². The second-order valence-corrected chi connectivity index (χ2v) is 10.6. The van der Waals surface area contributed by atoms with Crippen LogP contribution in [0.2, 0.25) is 0 Å². The highest BCUT2D eigenvalue weighted by atomic mass is 16.6. The average Bonchev–Trinajstić information content (AvgIpc) is 3.00. The zero-order valence-corrected chi connectivity index (χ0v) is 23.7. The van der Waals surface area contributed by atoms with Gasteiger partial charge in [-0.05, 0) is 73.9 Å². The summed E-state index contributed by atoms with van der Waals surface area (Å²) in [6, 6.07) is 31.7. The number of hydrogen-bond acceptors (Lipinski definition) is 6. The van der Waals surface area contributed by atoms with Gasteiger partial charge in [-0.15, -0.1) is 0 Å². The Morgan fingerprint density at radius 2 is 1.38 bits per heavy atom. The van der Waals surface area contributed by atoms with Crippen molar-refractivity contribution in [2.75, 3.05) is 5.32 Å². The highest BCUT2D eigenvalue weighted by molar-refractivity contribution is 6.10. The van der Waals surface area contributed by atoms with Crippen LogP contribution in [0.15, 0.2) is 116 Å². The lowest BCUT2D eigenvalue weighted by atomic mass is 10.0. The fraction of sp³-hybridized carbons (Fsp3) is 0.143. The zero-order valence-electron chi connectivity index (χ0n) is 23.7. The van der Waals surface area contributed by atoms with Crippen LogP contribution in [0.3, 0.4) is 0 Å². The Balaban J connectivity index is 1.53. The number of ether oxygens (including phenoxy) is 2. The van der Waals surface area contributed by atoms with Crippen molar-refractivity contribution in [3.8, 4) is 28.3 Å². The fourth-order valence-corrected chi connectivity index (χ4v) is 4.31. The van der Waals surface area contributed by atoms with Crippen LogP contribution in [-0.4, -0.2) is 27.4 Å². The van der Waals surface area contributed by atoms with Crippen LogP contribution < -0.4 is 10.1 Å². The molecule has 7 nitrogen and oxygen atoms in total. The molecule has 0 unspecified atom stereocenters. The van der Waals surface area contributed by atoms with Gasteiger partial charge in [-0.25, -0.2) is 14.8 Å². The number of aromatic nitrogens is 2. The average molecular weight is 558 g/mol. The standard InChI is InChI=1S/C35H31N3O4/c1-35(2,3)42-34(40)28-17-15-26(25-13-8-5-9-14-25)22-30(28)38-33(39)29-21-27(32-36-19-10-20-37-32)16-18-31(29)41-23-24-11-6-4-7-12-24/h4-22H,23H2,1-3H3,(H,38,39). The van der Waals surface area contributed by atoms with E-state index in [1.54, 1.807) is 63.5 Å². The number of rotatable bonds is 8. The van der Waals surface area contributed by atoms with Gasteiger partial charge in [0.05, 0.1) is 16.8 Å². The number of carbonyl (C=O) groups is 2. The van der Waals surface area contributed by atoms with Crippen molar-refractivity contribution in [2.24, 2.45) is 0 Å². The van der Waals surface area contributed by atoms with E-state index in [-0.39, 0.29) is 17.7 Å². The molecule has 42 heavy (non-hydrogen) atoms. The van der Waals surface area contributed by atoms with Crippen LogP contribution in [0.25, 0.3) is 22.5 Å². The van der Waals surface area contributed by atoms with Crippen LogP contribution in [0, 0.1) is 0 Å². The molecule has 0 aliphatic heterocycles. The van der Waals surface area contributed by atoms with Crippen molar-refractivity contribution in [1.29, 1.82) is 0 Å². The third kappa shape index (κ3) is 7.06. The molecule has 0 fully saturated rings. The summed E-state index contributed by atoms with van der Waals surface area (Å²) in [6.07, 6.45) is 3.29. The first-order valence-electron chi connectivity index (χ1n) is 13.6. The Morgan fingerprint density at radius 1 is 0.714 bits per heavy atom. The molecule has 1 aromatic heterocycles. The molecule has 4 aromatic carbocycles. The van der Waals surface area contributed by atoms with E-state index < -0.39 is 17.5 Å². The first kappa shape index (κ1) is 28.2. The van der Waals surface area contributed by atoms with Gasteiger partial charge in [-0.2, -0.15) is 0 Å². The number of hydrogen-bond donors (Lipinski definition) is 1. The second-order valence-electron chi connectivity index (χ2n) is 10.6. The lowest BCUT2D eigenvalue weighted by Crippen LogP contribution is -2.25. The van der Waals surface area contributed by atoms with E-state index in [9.17, 15) is 9.59 Å². The third-order valence-electron chi connectivity index (χ3n) is 6.28. The summed E-state index contributed by atoms with van der Waals surface area (Å²) in [4.78, 5) is 35.8. The van der Waals surface area contributed by atoms with Gasteiger partial charge in [0.1, 0.15) is 18.0 Å². The van der Waals surface area contributed by atoms with Crippen LogP contribution in [-0.2, 0) is 11.3 Å². The molecule has 1 heterocycles. The first-order valence-corrected chi connectivity index (χ1v) is 13.6. The Kier molecular flexibility index (Phi) is 8.39. The molecular weight excluding hydrogens is 526 g/mol. The fourth-order valence-electron chi connectivity index (χ4n) is 4.31. The summed E-state index contributed by atoms with van der Waals surface area (Å²) in [6.45, 7) is 5.67. The minimum Gasteiger partial charge on any atom is -0.488 e. The quantitative estimate of drug-likeness (QED) is 0.198. The SMILES string of the molecule is CC(C)(C)OC(=O)c1ccc(-c2ccccc2)cc1NC(=O)c1cc(-c2ncccn2)ccc1OCc1ccccc1. The van der Waals surface area contributed by atoms with E-state index in [4.69, 9.17) is 9.47 Å². The topological polar surface area (TPSA) is 90.4 Å². The molecule has 0 bridgehead atoms. The number of amides is 1. The summed E-state index contributed by atoms with van der Waals surface area (Å²) in [5.41, 5.74) is 3.53. The molecule has 7 heteroatoms. The van der Waals surface area contributed by atoms with Crippen molar-refractivity contribution >= 4 is 17.6 Å². The van der Waals surface area contributed by atoms with E-state index in [1.165, 1.54) is 0 Å². The van der Waals surface area contributed by atoms with Gasteiger partial charge in [0, 0.05) is 18.0 Å². The molecule has 5 rings (SSSR count). The minimum atomic E-state index is -0.709. The van der Waals surface area contributed by atoms with Gasteiger partial charge in [-0.1, -0.05) is 66.7 Å². The van der Waals surface area contributed by atoms with Crippen LogP contribution in [0.1, 0.15) is 47.1 Å². The van der Waals surface area contributed by atoms with E-state index in [2.05, 4.69) is 15.3 Å². The summed E-state index contributed by atoms with van der Waals surface area (Å²) in [7, 11) is 0. The molecule has 0 aliphatic rings. The summed E-state index contributed by atoms with van der Waals surface area (Å²) >= 11 is 0. The predicted molar refractivity (Wildman–Crippen MR) is 163 cm³/mol. The normalized spacial score (nSPS) is 11.0. The Labute approximate surface area is 245 Å². The smallest absolute Gasteiger partial charge is 0.340 e. The summed E-state index contributed by atoms with van der Waals surface area (Å²) in [5.74, 6) is -0.133. The van der Waals surface area contributed by atoms with Crippen molar-refractivity contribution < 1.29 is 19.1 Å². The van der Waals surface area contributed by atoms with Crippen molar-refractivity contribution in [2.45, 2.75) is 33.0 Å². The number of nitrogens with zero attached hydrogens (tertiary/aromatic N) is 2. The third-order valence-corrected chi connectivity index (χ3v) is 6.28. The van der Waals surface area contributed by atoms with Gasteiger partial charge in [-0.3, -0.25) is 4.79 Å². The number of esters is 1. The molecule has 0 spiro atoms. The lowest BCUT2D eigenvalue weighted by molar-refractivity contribution is 0.00707. The maximum atomic E-state index is 14.0. The molecular formula is C35H31N3O4. The van der Waals surface area contributed by atoms with Crippen molar-refractivity contribution in [1.82, 2.24) is 9.97 Å². The largest absolute Gasteiger partial charge is 0.488 e. The predicted octanol–water partition coefficient (Wildman–Crippen LogP) is 7.60. The molecule has 210 valence electrons. The van der Waals surface area contributed by atoms with Crippen molar-refractivity contribution in [3.63, 3.8) is 0 Å². The van der Waals surface area contributed by atoms with Gasteiger partial charge in [0.15, 0.2) is 5.82 Å². The number of anilines is 1. The van der Waals surface area contributed by atoms with Crippen molar-refractivity contribution in [3.05, 3.63) is 132 Å². The number of benzene rings is 4. The first-order chi connectivity index (χ1) is 20.3. The molecule has 0 atom stereocenters. The van der Waals surface area contributed by atoms with E-state index in [0.717, 1.165) is 16.7 Å². The number of carbonyl (C=O) groups excluding carboxylic acids is 2. The monoisotopic (exact) mass is 557 g/mol. The molecule has 0 saturated carbocycles. The maximum Gasteiger partial charge on any atom is 0.340 e. The van der Waals surface area contributed by atoms with E-state index in [1.807, 2.05) is 72.8 Å². The van der Waals surface area contributed by atoms with Gasteiger partial charge in [0.25, 0.3) is 5.91 Å². The lowest BCUT2D eigenvalue weighted by Gasteiger charge is -2.21. The van der Waals surface area contributed by atoms with E-state index in [0.29, 0.717) is 22.8 Å². The van der Waals surface area contributed by atoms with Gasteiger partial charge < -0.3 is 14.8 Å². The Hall–Kier alpha value is -5.30. The molecule has 0 saturated heterocycles. The molecule has 0 aliphatic carbocycles. The summed E-state index contributed by atoms with van der Waals surface area (Å²) < 4.78 is 11.8. The maximum absolute atomic E-state index is 14.0. The Bertz CT molecular complexity index is 1680. The van der Waals surface area contributed by atoms with Gasteiger partial charge in [0.2, 0.25) is 0 Å². The second kappa shape index (κ2) is 12.5. The van der Waals surface area contributed by atoms with Crippen LogP contribution in [0.5, 0.6) is 5.75 Å². The summed E-state index contributed by atoms with van der Waals surface area (Å²) in [5, 5.41) is 2.96. The molecule has 1 N–H and O–H groups in total. The number of nitrogens with one attached hydrogen (secondary N) is 1. The van der Waals surface area contributed by atoms with E-state index >= 15 is 0 Å². The highest BCUT2D eigenvalue weighted by Gasteiger charge is 2.23. The zero-order chi connectivity index (χ0) is 29.5.